The normalized spacial score (nSPS) is 11.0. The van der Waals surface area contributed by atoms with Crippen LogP contribution in [0.15, 0.2) is 54.7 Å². The Labute approximate surface area is 249 Å². The zero-order valence-electron chi connectivity index (χ0n) is 23.7. The monoisotopic (exact) mass is 585 g/mol. The van der Waals surface area contributed by atoms with E-state index in [0.717, 1.165) is 16.8 Å². The molecule has 2 amide bonds. The first-order valence-electron chi connectivity index (χ1n) is 13.1. The minimum Gasteiger partial charge on any atom is -0.465 e. The van der Waals surface area contributed by atoms with E-state index >= 15 is 0 Å². The number of nitrogen functional groups attached to an aromatic ring is 1. The summed E-state index contributed by atoms with van der Waals surface area (Å²) < 4.78 is 0. The van der Waals surface area contributed by atoms with Crippen molar-refractivity contribution < 1.29 is 14.7 Å². The van der Waals surface area contributed by atoms with Gasteiger partial charge in [0.2, 0.25) is 5.95 Å². The van der Waals surface area contributed by atoms with E-state index in [1.54, 1.807) is 18.2 Å². The molecule has 2 heterocycles. The fraction of sp³-hybridized carbons (Fsp3) is 0.226. The van der Waals surface area contributed by atoms with Gasteiger partial charge in [0.1, 0.15) is 5.69 Å². The molecule has 216 valence electrons. The fourth-order valence-electron chi connectivity index (χ4n) is 4.42. The Kier molecular flexibility index (Phi) is 8.73. The first-order chi connectivity index (χ1) is 19.8. The average molecular weight is 586 g/mol. The molecular weight excluding hydrogens is 554 g/mol. The van der Waals surface area contributed by atoms with Gasteiger partial charge in [0.15, 0.2) is 0 Å². The summed E-state index contributed by atoms with van der Waals surface area (Å²) in [6.07, 6.45) is 0.555. The minimum absolute atomic E-state index is 0.0446. The third-order valence-corrected chi connectivity index (χ3v) is 6.76. The van der Waals surface area contributed by atoms with Gasteiger partial charge in [-0.1, -0.05) is 35.6 Å². The van der Waals surface area contributed by atoms with Crippen LogP contribution in [0.2, 0.25) is 5.02 Å². The van der Waals surface area contributed by atoms with E-state index in [4.69, 9.17) is 23.1 Å². The van der Waals surface area contributed by atoms with E-state index in [-0.39, 0.29) is 11.5 Å². The number of nitrogens with two attached hydrogens (primary N) is 2. The second-order valence-corrected chi connectivity index (χ2v) is 11.1. The molecule has 0 fully saturated rings. The number of benzene rings is 2. The number of aromatic nitrogens is 3. The van der Waals surface area contributed by atoms with Gasteiger partial charge in [-0.05, 0) is 69.7 Å². The number of H-pyrrole nitrogens is 1. The number of halogens is 1. The van der Waals surface area contributed by atoms with E-state index in [1.165, 1.54) is 11.1 Å². The number of carboxylic acid groups (broad SMARTS) is 1. The highest BCUT2D eigenvalue weighted by molar-refractivity contribution is 6.31. The fourth-order valence-corrected chi connectivity index (χ4v) is 4.59. The second-order valence-electron chi connectivity index (χ2n) is 10.6. The number of rotatable bonds is 7. The standard InChI is InChI=1S/C31H32ClN7O3/c1-18-8-11-21(32)15-23(18)27-24(28(33)40)16-25(37-27)26-20(17-36-29(34)38-26)10-9-19-6-5-7-22(14-19)35-12-13-39(30(41)42)31(2,3)4/h5-8,11,14-17,35,37H,12-13H2,1-4H3,(H2,33,40)(H,41,42)(H2,34,36,38). The zero-order chi connectivity index (χ0) is 30.6. The topological polar surface area (TPSA) is 163 Å². The summed E-state index contributed by atoms with van der Waals surface area (Å²) in [5.41, 5.74) is 16.5. The van der Waals surface area contributed by atoms with E-state index in [2.05, 4.69) is 32.1 Å². The molecule has 11 heteroatoms. The molecule has 0 aliphatic heterocycles. The average Bonchev–Trinajstić information content (AvgIpc) is 3.37. The van der Waals surface area contributed by atoms with Crippen molar-refractivity contribution in [3.63, 3.8) is 0 Å². The molecule has 10 nitrogen and oxygen atoms in total. The van der Waals surface area contributed by atoms with Crippen LogP contribution in [-0.2, 0) is 0 Å². The molecule has 0 aliphatic rings. The van der Waals surface area contributed by atoms with Crippen molar-refractivity contribution in [1.82, 2.24) is 19.9 Å². The summed E-state index contributed by atoms with van der Waals surface area (Å²) in [5.74, 6) is 5.67. The molecular formula is C31H32ClN7O3. The maximum atomic E-state index is 12.4. The summed E-state index contributed by atoms with van der Waals surface area (Å²) in [7, 11) is 0. The molecule has 0 bridgehead atoms. The number of nitrogens with one attached hydrogen (secondary N) is 2. The number of anilines is 2. The van der Waals surface area contributed by atoms with E-state index in [0.29, 0.717) is 46.3 Å². The maximum Gasteiger partial charge on any atom is 0.407 e. The van der Waals surface area contributed by atoms with Gasteiger partial charge in [0.05, 0.1) is 22.5 Å². The lowest BCUT2D eigenvalue weighted by atomic mass is 10.0. The molecule has 4 rings (SSSR count). The lowest BCUT2D eigenvalue weighted by Gasteiger charge is -2.33. The molecule has 42 heavy (non-hydrogen) atoms. The SMILES string of the molecule is Cc1ccc(Cl)cc1-c1[nH]c(-c2nc(N)ncc2C#Cc2cccc(NCCN(C(=O)O)C(C)(C)C)c2)cc1C(N)=O. The smallest absolute Gasteiger partial charge is 0.407 e. The Bertz CT molecular complexity index is 1710. The largest absolute Gasteiger partial charge is 0.465 e. The lowest BCUT2D eigenvalue weighted by Crippen LogP contribution is -2.47. The van der Waals surface area contributed by atoms with Gasteiger partial charge < -0.3 is 31.8 Å². The van der Waals surface area contributed by atoms with Crippen LogP contribution in [0, 0.1) is 18.8 Å². The Balaban J connectivity index is 1.63. The van der Waals surface area contributed by atoms with Gasteiger partial charge in [-0.2, -0.15) is 0 Å². The Morgan fingerprint density at radius 2 is 1.90 bits per heavy atom. The van der Waals surface area contributed by atoms with Crippen LogP contribution in [0.25, 0.3) is 22.6 Å². The van der Waals surface area contributed by atoms with Crippen molar-refractivity contribution >= 4 is 35.2 Å². The molecule has 4 aromatic rings. The summed E-state index contributed by atoms with van der Waals surface area (Å²) in [5, 5.41) is 13.3. The van der Waals surface area contributed by atoms with Crippen molar-refractivity contribution in [2.24, 2.45) is 5.73 Å². The highest BCUT2D eigenvalue weighted by Crippen LogP contribution is 2.33. The molecule has 0 unspecified atom stereocenters. The summed E-state index contributed by atoms with van der Waals surface area (Å²) in [4.78, 5) is 37.1. The third kappa shape index (κ3) is 7.00. The van der Waals surface area contributed by atoms with Crippen molar-refractivity contribution in [2.45, 2.75) is 33.2 Å². The molecule has 0 saturated carbocycles. The molecule has 7 N–H and O–H groups in total. The highest BCUT2D eigenvalue weighted by atomic mass is 35.5. The molecule has 0 atom stereocenters. The van der Waals surface area contributed by atoms with Crippen molar-refractivity contribution in [1.29, 1.82) is 0 Å². The number of carbonyl (C=O) groups excluding carboxylic acids is 1. The van der Waals surface area contributed by atoms with Crippen LogP contribution in [0.1, 0.15) is 47.8 Å². The van der Waals surface area contributed by atoms with Gasteiger partial charge in [-0.3, -0.25) is 4.79 Å². The molecule has 2 aromatic heterocycles. The molecule has 0 aliphatic carbocycles. The number of hydrogen-bond donors (Lipinski definition) is 5. The van der Waals surface area contributed by atoms with Gasteiger partial charge in [-0.25, -0.2) is 14.8 Å². The Morgan fingerprint density at radius 3 is 2.60 bits per heavy atom. The zero-order valence-corrected chi connectivity index (χ0v) is 24.5. The maximum absolute atomic E-state index is 12.4. The van der Waals surface area contributed by atoms with Crippen LogP contribution >= 0.6 is 11.6 Å². The first kappa shape index (κ1) is 30.0. The number of primary amides is 1. The van der Waals surface area contributed by atoms with Gasteiger partial charge in [0, 0.05) is 46.7 Å². The number of aromatic amines is 1. The summed E-state index contributed by atoms with van der Waals surface area (Å²) >= 11 is 6.24. The molecule has 0 radical (unpaired) electrons. The summed E-state index contributed by atoms with van der Waals surface area (Å²) in [6, 6.07) is 14.5. The minimum atomic E-state index is -0.967. The predicted octanol–water partition coefficient (Wildman–Crippen LogP) is 5.37. The third-order valence-electron chi connectivity index (χ3n) is 6.52. The van der Waals surface area contributed by atoms with Crippen molar-refractivity contribution in [3.05, 3.63) is 82.0 Å². The predicted molar refractivity (Wildman–Crippen MR) is 165 cm³/mol. The van der Waals surface area contributed by atoms with E-state index in [1.807, 2.05) is 58.0 Å². The number of nitrogens with zero attached hydrogens (tertiary/aromatic N) is 3. The Hall–Kier alpha value is -5.01. The Morgan fingerprint density at radius 1 is 1.14 bits per heavy atom. The van der Waals surface area contributed by atoms with Gasteiger partial charge >= 0.3 is 6.09 Å². The van der Waals surface area contributed by atoms with Crippen LogP contribution in [0.3, 0.4) is 0 Å². The number of carbonyl (C=O) groups is 2. The van der Waals surface area contributed by atoms with Crippen molar-refractivity contribution in [2.75, 3.05) is 24.1 Å². The summed E-state index contributed by atoms with van der Waals surface area (Å²) in [6.45, 7) is 8.22. The molecule has 2 aromatic carbocycles. The first-order valence-corrected chi connectivity index (χ1v) is 13.5. The van der Waals surface area contributed by atoms with Crippen LogP contribution < -0.4 is 16.8 Å². The van der Waals surface area contributed by atoms with Crippen molar-refractivity contribution in [3.8, 4) is 34.5 Å². The number of amides is 2. The lowest BCUT2D eigenvalue weighted by molar-refractivity contribution is 0.0998. The van der Waals surface area contributed by atoms with E-state index < -0.39 is 17.5 Å². The number of aryl methyl sites for hydroxylation is 1. The highest BCUT2D eigenvalue weighted by Gasteiger charge is 2.25. The quantitative estimate of drug-likeness (QED) is 0.182. The van der Waals surface area contributed by atoms with Crippen LogP contribution in [0.5, 0.6) is 0 Å². The number of hydrogen-bond acceptors (Lipinski definition) is 6. The molecule has 0 saturated heterocycles. The van der Waals surface area contributed by atoms with E-state index in [9.17, 15) is 14.7 Å². The van der Waals surface area contributed by atoms with Crippen LogP contribution in [-0.4, -0.2) is 55.6 Å². The van der Waals surface area contributed by atoms with Gasteiger partial charge in [-0.15, -0.1) is 0 Å². The van der Waals surface area contributed by atoms with Gasteiger partial charge in [0.25, 0.3) is 5.91 Å². The second kappa shape index (κ2) is 12.2. The molecule has 0 spiro atoms. The van der Waals surface area contributed by atoms with Crippen LogP contribution in [0.4, 0.5) is 16.4 Å².